The van der Waals surface area contributed by atoms with Gasteiger partial charge in [0.25, 0.3) is 0 Å². The fraction of sp³-hybridized carbons (Fsp3) is 0.333. The highest BCUT2D eigenvalue weighted by atomic mass is 35.5. The molecular formula is C15H17ClN4O. The van der Waals surface area contributed by atoms with Crippen LogP contribution in [0.5, 0.6) is 0 Å². The van der Waals surface area contributed by atoms with Gasteiger partial charge in [-0.2, -0.15) is 5.10 Å². The lowest BCUT2D eigenvalue weighted by Crippen LogP contribution is -2.21. The summed E-state index contributed by atoms with van der Waals surface area (Å²) in [5, 5.41) is 9.44. The molecule has 0 bridgehead atoms. The number of benzene rings is 1. The lowest BCUT2D eigenvalue weighted by atomic mass is 10.2. The molecule has 0 fully saturated rings. The summed E-state index contributed by atoms with van der Waals surface area (Å²) in [6.07, 6.45) is 0. The zero-order chi connectivity index (χ0) is 15.0. The van der Waals surface area contributed by atoms with Gasteiger partial charge in [0.05, 0.1) is 17.8 Å². The first-order valence-corrected chi connectivity index (χ1v) is 7.18. The highest BCUT2D eigenvalue weighted by molar-refractivity contribution is 6.34. The van der Waals surface area contributed by atoms with Crippen LogP contribution in [0, 0.1) is 6.92 Å². The fourth-order valence-corrected chi connectivity index (χ4v) is 2.58. The highest BCUT2D eigenvalue weighted by Gasteiger charge is 2.15. The average molecular weight is 305 g/mol. The first-order chi connectivity index (χ1) is 10.1. The maximum absolute atomic E-state index is 6.31. The molecular weight excluding hydrogens is 288 g/mol. The van der Waals surface area contributed by atoms with Crippen LogP contribution in [0.3, 0.4) is 0 Å². The SMILES string of the molecule is COCC(C)Nc1nc2c(Cl)c(C)nn2c2ccccc12. The molecule has 0 radical (unpaired) electrons. The summed E-state index contributed by atoms with van der Waals surface area (Å²) < 4.78 is 6.96. The minimum absolute atomic E-state index is 0.149. The van der Waals surface area contributed by atoms with Crippen molar-refractivity contribution in [2.24, 2.45) is 0 Å². The number of aromatic nitrogens is 3. The van der Waals surface area contributed by atoms with Gasteiger partial charge >= 0.3 is 0 Å². The molecule has 2 heterocycles. The van der Waals surface area contributed by atoms with Crippen molar-refractivity contribution in [2.75, 3.05) is 19.0 Å². The minimum Gasteiger partial charge on any atom is -0.383 e. The zero-order valence-corrected chi connectivity index (χ0v) is 13.0. The first-order valence-electron chi connectivity index (χ1n) is 6.81. The number of nitrogens with zero attached hydrogens (tertiary/aromatic N) is 3. The van der Waals surface area contributed by atoms with Crippen molar-refractivity contribution < 1.29 is 4.74 Å². The third-order valence-electron chi connectivity index (χ3n) is 3.37. The molecule has 5 nitrogen and oxygen atoms in total. The molecule has 3 aromatic rings. The molecule has 6 heteroatoms. The van der Waals surface area contributed by atoms with E-state index >= 15 is 0 Å². The van der Waals surface area contributed by atoms with Crippen LogP contribution in [0.2, 0.25) is 5.02 Å². The molecule has 0 aliphatic rings. The van der Waals surface area contributed by atoms with Gasteiger partial charge in [-0.05, 0) is 26.0 Å². The number of fused-ring (bicyclic) bond motifs is 3. The number of methoxy groups -OCH3 is 1. The summed E-state index contributed by atoms with van der Waals surface area (Å²) in [5.41, 5.74) is 2.42. The molecule has 1 atom stereocenters. The Morgan fingerprint density at radius 2 is 2.14 bits per heavy atom. The van der Waals surface area contributed by atoms with Crippen LogP contribution in [0.25, 0.3) is 16.6 Å². The highest BCUT2D eigenvalue weighted by Crippen LogP contribution is 2.28. The summed E-state index contributed by atoms with van der Waals surface area (Å²) >= 11 is 6.31. The van der Waals surface area contributed by atoms with E-state index in [1.165, 1.54) is 0 Å². The number of hydrogen-bond donors (Lipinski definition) is 1. The van der Waals surface area contributed by atoms with Crippen LogP contribution in [0.1, 0.15) is 12.6 Å². The van der Waals surface area contributed by atoms with Crippen molar-refractivity contribution in [3.05, 3.63) is 35.0 Å². The summed E-state index contributed by atoms with van der Waals surface area (Å²) in [5.74, 6) is 0.796. The molecule has 110 valence electrons. The van der Waals surface area contributed by atoms with Gasteiger partial charge in [-0.25, -0.2) is 9.50 Å². The molecule has 0 spiro atoms. The van der Waals surface area contributed by atoms with Crippen molar-refractivity contribution in [3.63, 3.8) is 0 Å². The largest absolute Gasteiger partial charge is 0.383 e. The second-order valence-corrected chi connectivity index (χ2v) is 5.49. The van der Waals surface area contributed by atoms with Gasteiger partial charge in [0.15, 0.2) is 5.65 Å². The van der Waals surface area contributed by atoms with E-state index < -0.39 is 0 Å². The van der Waals surface area contributed by atoms with Gasteiger partial charge in [0, 0.05) is 18.5 Å². The van der Waals surface area contributed by atoms with Crippen molar-refractivity contribution in [2.45, 2.75) is 19.9 Å². The van der Waals surface area contributed by atoms with E-state index in [1.54, 1.807) is 11.6 Å². The van der Waals surface area contributed by atoms with Gasteiger partial charge < -0.3 is 10.1 Å². The predicted octanol–water partition coefficient (Wildman–Crippen LogP) is 3.29. The number of halogens is 1. The van der Waals surface area contributed by atoms with E-state index in [-0.39, 0.29) is 6.04 Å². The Hall–Kier alpha value is -1.85. The lowest BCUT2D eigenvalue weighted by molar-refractivity contribution is 0.190. The number of aryl methyl sites for hydroxylation is 1. The first kappa shape index (κ1) is 14.1. The maximum atomic E-state index is 6.31. The van der Waals surface area contributed by atoms with Gasteiger partial charge in [0.1, 0.15) is 10.8 Å². The van der Waals surface area contributed by atoms with E-state index in [4.69, 9.17) is 16.3 Å². The lowest BCUT2D eigenvalue weighted by Gasteiger charge is -2.15. The van der Waals surface area contributed by atoms with Crippen LogP contribution in [-0.4, -0.2) is 34.4 Å². The molecule has 0 amide bonds. The van der Waals surface area contributed by atoms with E-state index in [9.17, 15) is 0 Å². The van der Waals surface area contributed by atoms with E-state index in [0.29, 0.717) is 17.3 Å². The van der Waals surface area contributed by atoms with E-state index in [0.717, 1.165) is 22.4 Å². The Morgan fingerprint density at radius 3 is 2.90 bits per heavy atom. The molecule has 1 aromatic carbocycles. The van der Waals surface area contributed by atoms with Gasteiger partial charge in [-0.1, -0.05) is 23.7 Å². The van der Waals surface area contributed by atoms with Crippen molar-refractivity contribution in [1.29, 1.82) is 0 Å². The van der Waals surface area contributed by atoms with E-state index in [1.807, 2.05) is 38.1 Å². The Kier molecular flexibility index (Phi) is 3.69. The molecule has 21 heavy (non-hydrogen) atoms. The molecule has 3 rings (SSSR count). The van der Waals surface area contributed by atoms with Crippen LogP contribution in [0.4, 0.5) is 5.82 Å². The topological polar surface area (TPSA) is 51.5 Å². The number of rotatable bonds is 4. The molecule has 1 unspecified atom stereocenters. The molecule has 0 saturated heterocycles. The van der Waals surface area contributed by atoms with Crippen LogP contribution < -0.4 is 5.32 Å². The average Bonchev–Trinajstić information content (AvgIpc) is 2.76. The number of para-hydroxylation sites is 1. The summed E-state index contributed by atoms with van der Waals surface area (Å²) in [6.45, 7) is 4.53. The van der Waals surface area contributed by atoms with Crippen molar-refractivity contribution >= 4 is 34.0 Å². The number of ether oxygens (including phenoxy) is 1. The fourth-order valence-electron chi connectivity index (χ4n) is 2.42. The minimum atomic E-state index is 0.149. The summed E-state index contributed by atoms with van der Waals surface area (Å²) in [4.78, 5) is 4.65. The zero-order valence-electron chi connectivity index (χ0n) is 12.2. The van der Waals surface area contributed by atoms with E-state index in [2.05, 4.69) is 15.4 Å². The Morgan fingerprint density at radius 1 is 1.38 bits per heavy atom. The smallest absolute Gasteiger partial charge is 0.176 e. The Bertz CT molecular complexity index is 799. The number of hydrogen-bond acceptors (Lipinski definition) is 4. The standard InChI is InChI=1S/C15H17ClN4O/c1-9(8-21-3)17-14-11-6-4-5-7-12(11)20-15(18-14)13(16)10(2)19-20/h4-7,9H,8H2,1-3H3,(H,17,18). The summed E-state index contributed by atoms with van der Waals surface area (Å²) in [7, 11) is 1.68. The predicted molar refractivity (Wildman–Crippen MR) is 85.2 cm³/mol. The van der Waals surface area contributed by atoms with Crippen molar-refractivity contribution in [1.82, 2.24) is 14.6 Å². The number of anilines is 1. The van der Waals surface area contributed by atoms with Crippen molar-refractivity contribution in [3.8, 4) is 0 Å². The summed E-state index contributed by atoms with van der Waals surface area (Å²) in [6, 6.07) is 8.15. The van der Waals surface area contributed by atoms with Gasteiger partial charge in [-0.15, -0.1) is 0 Å². The molecule has 1 N–H and O–H groups in total. The maximum Gasteiger partial charge on any atom is 0.176 e. The quantitative estimate of drug-likeness (QED) is 0.803. The van der Waals surface area contributed by atoms with Crippen LogP contribution in [0.15, 0.2) is 24.3 Å². The monoisotopic (exact) mass is 304 g/mol. The Labute approximate surface area is 127 Å². The molecule has 0 aliphatic carbocycles. The second kappa shape index (κ2) is 5.50. The third-order valence-corrected chi connectivity index (χ3v) is 3.81. The Balaban J connectivity index is 2.23. The van der Waals surface area contributed by atoms with Crippen LogP contribution in [-0.2, 0) is 4.74 Å². The van der Waals surface area contributed by atoms with Crippen LogP contribution >= 0.6 is 11.6 Å². The van der Waals surface area contributed by atoms with Gasteiger partial charge in [-0.3, -0.25) is 0 Å². The molecule has 0 saturated carbocycles. The van der Waals surface area contributed by atoms with Gasteiger partial charge in [0.2, 0.25) is 0 Å². The normalized spacial score (nSPS) is 13.0. The molecule has 0 aliphatic heterocycles. The third kappa shape index (κ3) is 2.43. The number of nitrogens with one attached hydrogen (secondary N) is 1. The molecule has 2 aromatic heterocycles. The second-order valence-electron chi connectivity index (χ2n) is 5.11.